The summed E-state index contributed by atoms with van der Waals surface area (Å²) in [6, 6.07) is 80.9. The SMILES string of the molecule is Cc1cc(N(c2ccccc2)c2ccc(N(c3ccccc3)c3ccc(N(c4ccccc4)c4ccccc4)c(C)c3)c3nccnc23)ccc1N(c1ccccc1)c1ccccc1. The minimum atomic E-state index is 0.786. The molecule has 64 heavy (non-hydrogen) atoms. The molecule has 0 atom stereocenters. The quantitative estimate of drug-likeness (QED) is 0.122. The first-order chi connectivity index (χ1) is 31.6. The summed E-state index contributed by atoms with van der Waals surface area (Å²) in [6.07, 6.45) is 3.58. The molecule has 0 spiro atoms. The number of para-hydroxylation sites is 6. The van der Waals surface area contributed by atoms with E-state index in [4.69, 9.17) is 9.97 Å². The van der Waals surface area contributed by atoms with Gasteiger partial charge < -0.3 is 19.6 Å². The Morgan fingerprint density at radius 3 is 0.734 bits per heavy atom. The summed E-state index contributed by atoms with van der Waals surface area (Å²) in [7, 11) is 0. The molecule has 6 heteroatoms. The molecule has 0 aliphatic rings. The van der Waals surface area contributed by atoms with E-state index < -0.39 is 0 Å². The van der Waals surface area contributed by atoms with Crippen molar-refractivity contribution in [3.8, 4) is 0 Å². The van der Waals surface area contributed by atoms with E-state index >= 15 is 0 Å². The van der Waals surface area contributed by atoms with Crippen LogP contribution in [0.5, 0.6) is 0 Å². The molecule has 1 heterocycles. The van der Waals surface area contributed by atoms with Crippen LogP contribution in [0.4, 0.5) is 68.2 Å². The third kappa shape index (κ3) is 7.81. The summed E-state index contributed by atoms with van der Waals surface area (Å²) < 4.78 is 0. The molecule has 0 aliphatic carbocycles. The second kappa shape index (κ2) is 17.9. The Morgan fingerprint density at radius 1 is 0.250 bits per heavy atom. The number of aryl methyl sites for hydroxylation is 2. The van der Waals surface area contributed by atoms with E-state index in [0.717, 1.165) is 90.4 Å². The molecule has 0 saturated heterocycles. The van der Waals surface area contributed by atoms with Crippen LogP contribution in [0, 0.1) is 13.8 Å². The Labute approximate surface area is 375 Å². The standard InChI is InChI=1S/C58H46N6/c1-43-41-51(33-35-53(43)61(45-21-9-3-10-22-45)46-23-11-4-12-24-46)63(49-29-17-7-18-30-49)55-37-38-56(58-57(55)59-39-40-60-58)64(50-31-19-8-20-32-50)52-34-36-54(44(2)42-52)62(47-25-13-5-14-26-47)48-27-15-6-16-28-48/h3-42H,1-2H3. The van der Waals surface area contributed by atoms with Crippen LogP contribution in [0.1, 0.15) is 11.1 Å². The average molecular weight is 827 g/mol. The molecule has 10 rings (SSSR count). The van der Waals surface area contributed by atoms with Gasteiger partial charge in [-0.05, 0) is 146 Å². The third-order valence-electron chi connectivity index (χ3n) is 11.5. The Kier molecular flexibility index (Phi) is 11.1. The van der Waals surface area contributed by atoms with Crippen LogP contribution in [-0.4, -0.2) is 9.97 Å². The molecule has 0 saturated carbocycles. The van der Waals surface area contributed by atoms with Crippen LogP contribution in [-0.2, 0) is 0 Å². The van der Waals surface area contributed by atoms with Crippen molar-refractivity contribution in [1.82, 2.24) is 9.97 Å². The van der Waals surface area contributed by atoms with Crippen molar-refractivity contribution in [2.75, 3.05) is 19.6 Å². The fourth-order valence-corrected chi connectivity index (χ4v) is 8.62. The van der Waals surface area contributed by atoms with Gasteiger partial charge in [0.2, 0.25) is 0 Å². The summed E-state index contributed by atoms with van der Waals surface area (Å²) >= 11 is 0. The minimum Gasteiger partial charge on any atom is -0.310 e. The van der Waals surface area contributed by atoms with Gasteiger partial charge >= 0.3 is 0 Å². The molecule has 0 radical (unpaired) electrons. The number of fused-ring (bicyclic) bond motifs is 1. The van der Waals surface area contributed by atoms with Crippen molar-refractivity contribution >= 4 is 79.3 Å². The maximum Gasteiger partial charge on any atom is 0.115 e. The van der Waals surface area contributed by atoms with Crippen LogP contribution < -0.4 is 19.6 Å². The lowest BCUT2D eigenvalue weighted by Crippen LogP contribution is -2.16. The summed E-state index contributed by atoms with van der Waals surface area (Å²) in [4.78, 5) is 19.4. The first kappa shape index (κ1) is 39.6. The zero-order valence-electron chi connectivity index (χ0n) is 35.8. The van der Waals surface area contributed by atoms with Crippen LogP contribution >= 0.6 is 0 Å². The number of benzene rings is 9. The van der Waals surface area contributed by atoms with Gasteiger partial charge in [-0.2, -0.15) is 0 Å². The number of hydrogen-bond donors (Lipinski definition) is 0. The van der Waals surface area contributed by atoms with Crippen molar-refractivity contribution in [1.29, 1.82) is 0 Å². The number of aromatic nitrogens is 2. The predicted octanol–water partition coefficient (Wildman–Crippen LogP) is 16.1. The third-order valence-corrected chi connectivity index (χ3v) is 11.5. The van der Waals surface area contributed by atoms with Gasteiger partial charge in [0, 0.05) is 69.3 Å². The van der Waals surface area contributed by atoms with E-state index in [1.54, 1.807) is 12.4 Å². The van der Waals surface area contributed by atoms with Crippen molar-refractivity contribution < 1.29 is 0 Å². The Bertz CT molecular complexity index is 2840. The molecule has 0 aliphatic heterocycles. The smallest absolute Gasteiger partial charge is 0.115 e. The highest BCUT2D eigenvalue weighted by atomic mass is 15.2. The highest BCUT2D eigenvalue weighted by molar-refractivity contribution is 6.03. The summed E-state index contributed by atoms with van der Waals surface area (Å²) in [5.74, 6) is 0. The molecule has 0 amide bonds. The first-order valence-electron chi connectivity index (χ1n) is 21.6. The van der Waals surface area contributed by atoms with Crippen LogP contribution in [0.2, 0.25) is 0 Å². The first-order valence-corrected chi connectivity index (χ1v) is 21.6. The zero-order valence-corrected chi connectivity index (χ0v) is 35.8. The molecular weight excluding hydrogens is 781 g/mol. The van der Waals surface area contributed by atoms with Gasteiger partial charge in [0.15, 0.2) is 0 Å². The molecule has 9 aromatic carbocycles. The lowest BCUT2D eigenvalue weighted by Gasteiger charge is -2.32. The molecule has 308 valence electrons. The zero-order chi connectivity index (χ0) is 43.2. The Morgan fingerprint density at radius 2 is 0.484 bits per heavy atom. The fourth-order valence-electron chi connectivity index (χ4n) is 8.62. The van der Waals surface area contributed by atoms with Crippen molar-refractivity contribution in [3.63, 3.8) is 0 Å². The van der Waals surface area contributed by atoms with Gasteiger partial charge in [0.05, 0.1) is 11.4 Å². The topological polar surface area (TPSA) is 38.7 Å². The van der Waals surface area contributed by atoms with Crippen LogP contribution in [0.25, 0.3) is 11.0 Å². The highest BCUT2D eigenvalue weighted by Gasteiger charge is 2.24. The van der Waals surface area contributed by atoms with Gasteiger partial charge in [-0.25, -0.2) is 0 Å². The van der Waals surface area contributed by atoms with Crippen molar-refractivity contribution in [2.45, 2.75) is 13.8 Å². The summed E-state index contributed by atoms with van der Waals surface area (Å²) in [6.45, 7) is 4.37. The largest absolute Gasteiger partial charge is 0.310 e. The molecule has 0 N–H and O–H groups in total. The number of nitrogens with zero attached hydrogens (tertiary/aromatic N) is 6. The highest BCUT2D eigenvalue weighted by Crippen LogP contribution is 2.47. The van der Waals surface area contributed by atoms with E-state index in [-0.39, 0.29) is 0 Å². The van der Waals surface area contributed by atoms with E-state index in [0.29, 0.717) is 0 Å². The second-order valence-electron chi connectivity index (χ2n) is 15.7. The van der Waals surface area contributed by atoms with Gasteiger partial charge in [-0.3, -0.25) is 9.97 Å². The van der Waals surface area contributed by atoms with E-state index in [1.807, 2.05) is 0 Å². The normalized spacial score (nSPS) is 11.0. The molecule has 1 aromatic heterocycles. The number of hydrogen-bond acceptors (Lipinski definition) is 6. The molecule has 0 bridgehead atoms. The molecule has 6 nitrogen and oxygen atoms in total. The lowest BCUT2D eigenvalue weighted by molar-refractivity contribution is 1.20. The van der Waals surface area contributed by atoms with E-state index in [9.17, 15) is 0 Å². The van der Waals surface area contributed by atoms with Gasteiger partial charge in [0.1, 0.15) is 11.0 Å². The number of rotatable bonds is 12. The van der Waals surface area contributed by atoms with Gasteiger partial charge in [-0.1, -0.05) is 109 Å². The monoisotopic (exact) mass is 826 g/mol. The van der Waals surface area contributed by atoms with E-state index in [1.165, 1.54) is 0 Å². The summed E-state index contributed by atoms with van der Waals surface area (Å²) in [5, 5.41) is 0. The average Bonchev–Trinajstić information content (AvgIpc) is 3.36. The molecule has 0 fully saturated rings. The minimum absolute atomic E-state index is 0.786. The van der Waals surface area contributed by atoms with Gasteiger partial charge in [-0.15, -0.1) is 0 Å². The molecule has 0 unspecified atom stereocenters. The van der Waals surface area contributed by atoms with E-state index in [2.05, 4.69) is 264 Å². The van der Waals surface area contributed by atoms with Crippen LogP contribution in [0.3, 0.4) is 0 Å². The summed E-state index contributed by atoms with van der Waals surface area (Å²) in [5.41, 5.74) is 16.3. The maximum atomic E-state index is 5.11. The fraction of sp³-hybridized carbons (Fsp3) is 0.0345. The van der Waals surface area contributed by atoms with Gasteiger partial charge in [0.25, 0.3) is 0 Å². The predicted molar refractivity (Wildman–Crippen MR) is 268 cm³/mol. The van der Waals surface area contributed by atoms with Crippen LogP contribution in [0.15, 0.2) is 243 Å². The second-order valence-corrected chi connectivity index (χ2v) is 15.7. The molecule has 10 aromatic rings. The Balaban J connectivity index is 1.10. The van der Waals surface area contributed by atoms with Crippen molar-refractivity contribution in [2.24, 2.45) is 0 Å². The Hall–Kier alpha value is -8.48. The van der Waals surface area contributed by atoms with Crippen molar-refractivity contribution in [3.05, 3.63) is 254 Å². The maximum absolute atomic E-state index is 5.11. The lowest BCUT2D eigenvalue weighted by atomic mass is 10.1. The molecular formula is C58H46N6. The number of anilines is 12.